The van der Waals surface area contributed by atoms with Crippen LogP contribution in [0, 0.1) is 13.8 Å². The molecule has 2 rings (SSSR count). The number of hydrogen-bond acceptors (Lipinski definition) is 4. The summed E-state index contributed by atoms with van der Waals surface area (Å²) in [6, 6.07) is 6.27. The van der Waals surface area contributed by atoms with E-state index in [9.17, 15) is 0 Å². The number of halogens is 1. The molecule has 0 spiro atoms. The third-order valence-corrected chi connectivity index (χ3v) is 4.46. The molecule has 27 heavy (non-hydrogen) atoms. The van der Waals surface area contributed by atoms with Crippen LogP contribution in [-0.4, -0.2) is 47.9 Å². The van der Waals surface area contributed by atoms with Gasteiger partial charge in [-0.3, -0.25) is 9.67 Å². The average Bonchev–Trinajstić information content (AvgIpc) is 2.85. The van der Waals surface area contributed by atoms with Crippen molar-refractivity contribution < 1.29 is 0 Å². The maximum Gasteiger partial charge on any atom is 0.191 e. The minimum Gasteiger partial charge on any atom is -0.363 e. The highest BCUT2D eigenvalue weighted by molar-refractivity contribution is 14.0. The van der Waals surface area contributed by atoms with E-state index in [0.29, 0.717) is 6.54 Å². The number of aliphatic imine (C=N–C) groups is 1. The molecule has 8 heteroatoms. The molecule has 2 aromatic heterocycles. The minimum absolute atomic E-state index is 0. The van der Waals surface area contributed by atoms with Gasteiger partial charge in [0.2, 0.25) is 0 Å². The Hall–Kier alpha value is -1.84. The van der Waals surface area contributed by atoms with Crippen molar-refractivity contribution in [2.45, 2.75) is 39.8 Å². The summed E-state index contributed by atoms with van der Waals surface area (Å²) in [5.41, 5.74) is 4.57. The van der Waals surface area contributed by atoms with Crippen LogP contribution in [-0.2, 0) is 20.0 Å². The van der Waals surface area contributed by atoms with Crippen molar-refractivity contribution >= 4 is 35.8 Å². The number of nitrogens with zero attached hydrogens (tertiary/aromatic N) is 5. The van der Waals surface area contributed by atoms with Crippen molar-refractivity contribution in [3.05, 3.63) is 40.8 Å². The Labute approximate surface area is 179 Å². The number of aryl methyl sites for hydroxylation is 2. The molecule has 0 bridgehead atoms. The summed E-state index contributed by atoms with van der Waals surface area (Å²) in [6.45, 7) is 6.95. The second-order valence-corrected chi connectivity index (χ2v) is 6.83. The van der Waals surface area contributed by atoms with E-state index in [1.54, 1.807) is 7.05 Å². The van der Waals surface area contributed by atoms with Crippen LogP contribution in [0.2, 0.25) is 0 Å². The Balaban J connectivity index is 0.00000364. The lowest BCUT2D eigenvalue weighted by Crippen LogP contribution is -2.43. The summed E-state index contributed by atoms with van der Waals surface area (Å²) < 4.78 is 1.94. The van der Waals surface area contributed by atoms with E-state index in [4.69, 9.17) is 0 Å². The van der Waals surface area contributed by atoms with Crippen molar-refractivity contribution in [1.29, 1.82) is 0 Å². The molecular weight excluding hydrogens is 453 g/mol. The maximum atomic E-state index is 4.62. The predicted octanol–water partition coefficient (Wildman–Crippen LogP) is 2.41. The lowest BCUT2D eigenvalue weighted by Gasteiger charge is -2.18. The monoisotopic (exact) mass is 485 g/mol. The second-order valence-electron chi connectivity index (χ2n) is 6.83. The molecule has 0 aliphatic heterocycles. The molecule has 0 aliphatic rings. The van der Waals surface area contributed by atoms with Gasteiger partial charge in [0.05, 0.1) is 17.9 Å². The molecule has 0 saturated heterocycles. The molecule has 2 aromatic rings. The van der Waals surface area contributed by atoms with Gasteiger partial charge >= 0.3 is 0 Å². The van der Waals surface area contributed by atoms with Crippen molar-refractivity contribution in [3.8, 4) is 0 Å². The molecule has 1 atom stereocenters. The minimum atomic E-state index is 0. The van der Waals surface area contributed by atoms with E-state index in [2.05, 4.69) is 46.5 Å². The topological polar surface area (TPSA) is 70.4 Å². The lowest BCUT2D eigenvalue weighted by molar-refractivity contribution is 0.634. The molecule has 1 unspecified atom stereocenters. The van der Waals surface area contributed by atoms with Crippen LogP contribution in [0.15, 0.2) is 23.2 Å². The quantitative estimate of drug-likeness (QED) is 0.374. The summed E-state index contributed by atoms with van der Waals surface area (Å²) in [7, 11) is 7.75. The fourth-order valence-electron chi connectivity index (χ4n) is 2.89. The van der Waals surface area contributed by atoms with E-state index in [1.807, 2.05) is 48.9 Å². The largest absolute Gasteiger partial charge is 0.363 e. The molecule has 2 N–H and O–H groups in total. The van der Waals surface area contributed by atoms with Crippen LogP contribution >= 0.6 is 24.0 Å². The molecule has 0 aromatic carbocycles. The van der Waals surface area contributed by atoms with Crippen LogP contribution in [0.4, 0.5) is 5.82 Å². The Kier molecular flexibility index (Phi) is 9.01. The standard InChI is InChI=1S/C19H31N7.HI/c1-13(11-17-14(2)24-26(7)15(17)3)22-19(20-4)21-12-16-9-8-10-18(23-16)25(5)6;/h8-10,13H,11-12H2,1-7H3,(H2,20,21,22);1H. The first kappa shape index (κ1) is 23.2. The molecule has 0 saturated carbocycles. The Morgan fingerprint density at radius 2 is 2.00 bits per heavy atom. The highest BCUT2D eigenvalue weighted by Gasteiger charge is 2.14. The zero-order valence-corrected chi connectivity index (χ0v) is 19.7. The van der Waals surface area contributed by atoms with Crippen molar-refractivity contribution in [2.75, 3.05) is 26.0 Å². The Morgan fingerprint density at radius 1 is 1.30 bits per heavy atom. The first-order valence-electron chi connectivity index (χ1n) is 8.91. The summed E-state index contributed by atoms with van der Waals surface area (Å²) in [5, 5.41) is 11.3. The number of nitrogens with one attached hydrogen (secondary N) is 2. The highest BCUT2D eigenvalue weighted by Crippen LogP contribution is 2.14. The maximum absolute atomic E-state index is 4.62. The lowest BCUT2D eigenvalue weighted by atomic mass is 10.1. The zero-order valence-electron chi connectivity index (χ0n) is 17.4. The predicted molar refractivity (Wildman–Crippen MR) is 123 cm³/mol. The van der Waals surface area contributed by atoms with Crippen LogP contribution in [0.1, 0.15) is 29.6 Å². The fourth-order valence-corrected chi connectivity index (χ4v) is 2.89. The summed E-state index contributed by atoms with van der Waals surface area (Å²) in [6.07, 6.45) is 0.903. The third-order valence-electron chi connectivity index (χ3n) is 4.46. The van der Waals surface area contributed by atoms with Gasteiger partial charge in [0.1, 0.15) is 5.82 Å². The van der Waals surface area contributed by atoms with E-state index in [0.717, 1.165) is 29.6 Å². The van der Waals surface area contributed by atoms with Gasteiger partial charge in [-0.2, -0.15) is 5.10 Å². The zero-order chi connectivity index (χ0) is 19.3. The molecule has 0 aliphatic carbocycles. The average molecular weight is 485 g/mol. The number of anilines is 1. The number of pyridine rings is 1. The molecule has 0 amide bonds. The van der Waals surface area contributed by atoms with E-state index in [1.165, 1.54) is 11.3 Å². The van der Waals surface area contributed by atoms with Gasteiger partial charge in [-0.1, -0.05) is 6.07 Å². The highest BCUT2D eigenvalue weighted by atomic mass is 127. The van der Waals surface area contributed by atoms with Gasteiger partial charge in [-0.15, -0.1) is 24.0 Å². The molecular formula is C19H32IN7. The van der Waals surface area contributed by atoms with Crippen LogP contribution in [0.5, 0.6) is 0 Å². The molecule has 7 nitrogen and oxygen atoms in total. The number of hydrogen-bond donors (Lipinski definition) is 2. The summed E-state index contributed by atoms with van der Waals surface area (Å²) in [5.74, 6) is 1.72. The van der Waals surface area contributed by atoms with Crippen molar-refractivity contribution in [2.24, 2.45) is 12.0 Å². The first-order valence-corrected chi connectivity index (χ1v) is 8.91. The SMILES string of the molecule is CN=C(NCc1cccc(N(C)C)n1)NC(C)Cc1c(C)nn(C)c1C.I. The first-order chi connectivity index (χ1) is 12.3. The van der Waals surface area contributed by atoms with Crippen molar-refractivity contribution in [3.63, 3.8) is 0 Å². The van der Waals surface area contributed by atoms with Crippen LogP contribution in [0.25, 0.3) is 0 Å². The van der Waals surface area contributed by atoms with Gasteiger partial charge in [0.25, 0.3) is 0 Å². The normalized spacial score (nSPS) is 12.3. The van der Waals surface area contributed by atoms with Gasteiger partial charge < -0.3 is 15.5 Å². The number of rotatable bonds is 6. The Bertz CT molecular complexity index is 767. The van der Waals surface area contributed by atoms with Gasteiger partial charge in [-0.05, 0) is 44.9 Å². The van der Waals surface area contributed by atoms with E-state index in [-0.39, 0.29) is 30.0 Å². The molecule has 0 radical (unpaired) electrons. The molecule has 0 fully saturated rings. The third kappa shape index (κ3) is 6.37. The molecule has 2 heterocycles. The number of aromatic nitrogens is 3. The smallest absolute Gasteiger partial charge is 0.191 e. The van der Waals surface area contributed by atoms with Gasteiger partial charge in [0.15, 0.2) is 5.96 Å². The fraction of sp³-hybridized carbons (Fsp3) is 0.526. The summed E-state index contributed by atoms with van der Waals surface area (Å²) >= 11 is 0. The second kappa shape index (κ2) is 10.5. The van der Waals surface area contributed by atoms with E-state index >= 15 is 0 Å². The van der Waals surface area contributed by atoms with Crippen LogP contribution in [0.3, 0.4) is 0 Å². The molecule has 150 valence electrons. The van der Waals surface area contributed by atoms with E-state index < -0.39 is 0 Å². The summed E-state index contributed by atoms with van der Waals surface area (Å²) in [4.78, 5) is 10.9. The van der Waals surface area contributed by atoms with Crippen LogP contribution < -0.4 is 15.5 Å². The Morgan fingerprint density at radius 3 is 2.56 bits per heavy atom. The van der Waals surface area contributed by atoms with Gasteiger partial charge in [-0.25, -0.2) is 4.98 Å². The van der Waals surface area contributed by atoms with Gasteiger partial charge in [0, 0.05) is 39.9 Å². The number of guanidine groups is 1. The van der Waals surface area contributed by atoms with Crippen molar-refractivity contribution in [1.82, 2.24) is 25.4 Å².